The third-order valence-corrected chi connectivity index (χ3v) is 3.30. The molecule has 0 spiro atoms. The smallest absolute Gasteiger partial charge is 0.0869 e. The van der Waals surface area contributed by atoms with Gasteiger partial charge in [-0.15, -0.1) is 0 Å². The first-order valence-corrected chi connectivity index (χ1v) is 6.82. The summed E-state index contributed by atoms with van der Waals surface area (Å²) in [4.78, 5) is 2.25. The molecule has 18 heavy (non-hydrogen) atoms. The molecular formula is C13H28N2O3. The Bertz CT molecular complexity index is 218. The van der Waals surface area contributed by atoms with Gasteiger partial charge in [-0.3, -0.25) is 4.90 Å². The van der Waals surface area contributed by atoms with Crippen LogP contribution in [-0.2, 0) is 9.47 Å². The molecule has 5 nitrogen and oxygen atoms in total. The summed E-state index contributed by atoms with van der Waals surface area (Å²) in [5.41, 5.74) is -0.710. The summed E-state index contributed by atoms with van der Waals surface area (Å²) in [6.07, 6.45) is 1.00. The zero-order chi connectivity index (χ0) is 13.4. The predicted octanol–water partition coefficient (Wildman–Crippen LogP) is 0.0842. The van der Waals surface area contributed by atoms with E-state index in [-0.39, 0.29) is 0 Å². The van der Waals surface area contributed by atoms with Crippen LogP contribution < -0.4 is 5.32 Å². The second-order valence-corrected chi connectivity index (χ2v) is 5.33. The molecule has 0 saturated carbocycles. The van der Waals surface area contributed by atoms with Crippen LogP contribution in [0, 0.1) is 0 Å². The van der Waals surface area contributed by atoms with Crippen molar-refractivity contribution in [2.45, 2.75) is 31.9 Å². The van der Waals surface area contributed by atoms with Crippen LogP contribution in [0.3, 0.4) is 0 Å². The third kappa shape index (κ3) is 6.11. The van der Waals surface area contributed by atoms with Gasteiger partial charge in [0.2, 0.25) is 0 Å². The monoisotopic (exact) mass is 260 g/mol. The number of nitrogens with zero attached hydrogens (tertiary/aromatic N) is 1. The first kappa shape index (κ1) is 15.9. The van der Waals surface area contributed by atoms with Crippen LogP contribution in [0.4, 0.5) is 0 Å². The summed E-state index contributed by atoms with van der Waals surface area (Å²) < 4.78 is 10.4. The van der Waals surface area contributed by atoms with Crippen LogP contribution in [-0.4, -0.2) is 74.8 Å². The van der Waals surface area contributed by atoms with E-state index >= 15 is 0 Å². The first-order valence-electron chi connectivity index (χ1n) is 6.82. The summed E-state index contributed by atoms with van der Waals surface area (Å²) in [5, 5.41) is 13.8. The summed E-state index contributed by atoms with van der Waals surface area (Å²) in [6.45, 7) is 9.32. The molecule has 5 heteroatoms. The molecule has 2 atom stereocenters. The normalized spacial score (nSPS) is 22.7. The SMILES string of the molecule is CCC(COC)NCC(C)(O)CN1CCOCC1. The van der Waals surface area contributed by atoms with Crippen molar-refractivity contribution in [2.75, 3.05) is 53.1 Å². The molecule has 1 aliphatic heterocycles. The van der Waals surface area contributed by atoms with Crippen molar-refractivity contribution in [2.24, 2.45) is 0 Å². The fourth-order valence-corrected chi connectivity index (χ4v) is 2.18. The molecule has 1 saturated heterocycles. The fourth-order valence-electron chi connectivity index (χ4n) is 2.18. The summed E-state index contributed by atoms with van der Waals surface area (Å²) in [7, 11) is 1.70. The van der Waals surface area contributed by atoms with E-state index in [9.17, 15) is 5.11 Å². The molecular weight excluding hydrogens is 232 g/mol. The molecule has 0 aromatic heterocycles. The highest BCUT2D eigenvalue weighted by Gasteiger charge is 2.25. The van der Waals surface area contributed by atoms with Gasteiger partial charge in [0.15, 0.2) is 0 Å². The molecule has 1 rings (SSSR count). The Kier molecular flexibility index (Phi) is 7.11. The number of β-amino-alcohol motifs (C(OH)–C–C–N with tert-alkyl or cyclic N) is 1. The Morgan fingerprint density at radius 3 is 2.67 bits per heavy atom. The van der Waals surface area contributed by atoms with Gasteiger partial charge in [-0.05, 0) is 13.3 Å². The van der Waals surface area contributed by atoms with E-state index in [1.54, 1.807) is 7.11 Å². The number of methoxy groups -OCH3 is 1. The molecule has 108 valence electrons. The second-order valence-electron chi connectivity index (χ2n) is 5.33. The van der Waals surface area contributed by atoms with Gasteiger partial charge in [-0.25, -0.2) is 0 Å². The van der Waals surface area contributed by atoms with Crippen molar-refractivity contribution in [3.8, 4) is 0 Å². The third-order valence-electron chi connectivity index (χ3n) is 3.30. The second kappa shape index (κ2) is 8.07. The minimum atomic E-state index is -0.710. The number of nitrogens with one attached hydrogen (secondary N) is 1. The fraction of sp³-hybridized carbons (Fsp3) is 1.00. The lowest BCUT2D eigenvalue weighted by Crippen LogP contribution is -2.52. The van der Waals surface area contributed by atoms with E-state index in [0.717, 1.165) is 32.7 Å². The Balaban J connectivity index is 2.28. The van der Waals surface area contributed by atoms with Crippen LogP contribution in [0.5, 0.6) is 0 Å². The molecule has 0 aliphatic carbocycles. The standard InChI is InChI=1S/C13H28N2O3/c1-4-12(9-17-3)14-10-13(2,16)11-15-5-7-18-8-6-15/h12,14,16H,4-11H2,1-3H3. The van der Waals surface area contributed by atoms with Gasteiger partial charge in [0.1, 0.15) is 0 Å². The van der Waals surface area contributed by atoms with E-state index in [0.29, 0.717) is 25.7 Å². The maximum Gasteiger partial charge on any atom is 0.0869 e. The summed E-state index contributed by atoms with van der Waals surface area (Å²) in [6, 6.07) is 0.311. The molecule has 0 aromatic rings. The van der Waals surface area contributed by atoms with Crippen molar-refractivity contribution < 1.29 is 14.6 Å². The number of rotatable bonds is 8. The van der Waals surface area contributed by atoms with Crippen LogP contribution in [0.2, 0.25) is 0 Å². The highest BCUT2D eigenvalue weighted by Crippen LogP contribution is 2.08. The minimum absolute atomic E-state index is 0.311. The summed E-state index contributed by atoms with van der Waals surface area (Å²) in [5.74, 6) is 0. The molecule has 0 amide bonds. The van der Waals surface area contributed by atoms with Gasteiger partial charge in [-0.1, -0.05) is 6.92 Å². The van der Waals surface area contributed by atoms with E-state index in [1.165, 1.54) is 0 Å². The van der Waals surface area contributed by atoms with E-state index < -0.39 is 5.60 Å². The number of aliphatic hydroxyl groups is 1. The zero-order valence-corrected chi connectivity index (χ0v) is 11.9. The topological polar surface area (TPSA) is 54.0 Å². The Labute approximate surface area is 110 Å². The van der Waals surface area contributed by atoms with Gasteiger partial charge in [0.25, 0.3) is 0 Å². The van der Waals surface area contributed by atoms with Crippen LogP contribution in [0.15, 0.2) is 0 Å². The van der Waals surface area contributed by atoms with Crippen molar-refractivity contribution in [3.63, 3.8) is 0 Å². The zero-order valence-electron chi connectivity index (χ0n) is 11.9. The van der Waals surface area contributed by atoms with Gasteiger partial charge >= 0.3 is 0 Å². The Morgan fingerprint density at radius 2 is 2.11 bits per heavy atom. The van der Waals surface area contributed by atoms with Crippen LogP contribution in [0.1, 0.15) is 20.3 Å². The maximum absolute atomic E-state index is 10.4. The van der Waals surface area contributed by atoms with Gasteiger partial charge in [0, 0.05) is 39.3 Å². The van der Waals surface area contributed by atoms with Crippen molar-refractivity contribution in [3.05, 3.63) is 0 Å². The van der Waals surface area contributed by atoms with Gasteiger partial charge in [0.05, 0.1) is 25.4 Å². The first-order chi connectivity index (χ1) is 8.57. The minimum Gasteiger partial charge on any atom is -0.388 e. The molecule has 0 bridgehead atoms. The van der Waals surface area contributed by atoms with E-state index in [1.807, 2.05) is 6.92 Å². The molecule has 1 aliphatic rings. The van der Waals surface area contributed by atoms with E-state index in [4.69, 9.17) is 9.47 Å². The number of hydrogen-bond donors (Lipinski definition) is 2. The molecule has 1 fully saturated rings. The Hall–Kier alpha value is -0.200. The maximum atomic E-state index is 10.4. The highest BCUT2D eigenvalue weighted by molar-refractivity contribution is 4.82. The lowest BCUT2D eigenvalue weighted by molar-refractivity contribution is -0.0238. The van der Waals surface area contributed by atoms with Gasteiger partial charge < -0.3 is 19.9 Å². The molecule has 0 aromatic carbocycles. The van der Waals surface area contributed by atoms with Crippen LogP contribution in [0.25, 0.3) is 0 Å². The molecule has 1 heterocycles. The molecule has 0 radical (unpaired) electrons. The Morgan fingerprint density at radius 1 is 1.44 bits per heavy atom. The average Bonchev–Trinajstić information content (AvgIpc) is 2.35. The lowest BCUT2D eigenvalue weighted by Gasteiger charge is -2.34. The largest absolute Gasteiger partial charge is 0.388 e. The van der Waals surface area contributed by atoms with Crippen molar-refractivity contribution >= 4 is 0 Å². The number of ether oxygens (including phenoxy) is 2. The number of morpholine rings is 1. The van der Waals surface area contributed by atoms with Gasteiger partial charge in [-0.2, -0.15) is 0 Å². The highest BCUT2D eigenvalue weighted by atomic mass is 16.5. The van der Waals surface area contributed by atoms with Crippen molar-refractivity contribution in [1.29, 1.82) is 0 Å². The quantitative estimate of drug-likeness (QED) is 0.647. The van der Waals surface area contributed by atoms with Crippen LogP contribution >= 0.6 is 0 Å². The lowest BCUT2D eigenvalue weighted by atomic mass is 10.1. The molecule has 2 unspecified atom stereocenters. The average molecular weight is 260 g/mol. The summed E-state index contributed by atoms with van der Waals surface area (Å²) >= 11 is 0. The van der Waals surface area contributed by atoms with Crippen molar-refractivity contribution in [1.82, 2.24) is 10.2 Å². The number of hydrogen-bond acceptors (Lipinski definition) is 5. The van der Waals surface area contributed by atoms with E-state index in [2.05, 4.69) is 17.1 Å². The predicted molar refractivity (Wildman–Crippen MR) is 71.8 cm³/mol. The molecule has 2 N–H and O–H groups in total.